The van der Waals surface area contributed by atoms with Crippen molar-refractivity contribution in [3.05, 3.63) is 35.4 Å². The molecule has 18 heavy (non-hydrogen) atoms. The molecule has 0 saturated heterocycles. The quantitative estimate of drug-likeness (QED) is 0.693. The molecule has 0 heterocycles. The van der Waals surface area contributed by atoms with Gasteiger partial charge in [-0.3, -0.25) is 0 Å². The SMILES string of the molecule is FC(F)(F)SCCC1CCc2ccccc2C1Cl. The Morgan fingerprint density at radius 2 is 2.00 bits per heavy atom. The summed E-state index contributed by atoms with van der Waals surface area (Å²) in [6, 6.07) is 7.94. The van der Waals surface area contributed by atoms with Crippen molar-refractivity contribution >= 4 is 23.4 Å². The van der Waals surface area contributed by atoms with E-state index in [0.29, 0.717) is 6.42 Å². The van der Waals surface area contributed by atoms with Crippen LogP contribution in [0.25, 0.3) is 0 Å². The number of rotatable bonds is 3. The van der Waals surface area contributed by atoms with Crippen molar-refractivity contribution in [2.24, 2.45) is 5.92 Å². The zero-order valence-electron chi connectivity index (χ0n) is 9.71. The van der Waals surface area contributed by atoms with Gasteiger partial charge in [0.1, 0.15) is 0 Å². The molecular weight excluding hydrogens is 281 g/mol. The lowest BCUT2D eigenvalue weighted by atomic mass is 9.82. The van der Waals surface area contributed by atoms with Crippen LogP contribution in [0.1, 0.15) is 29.3 Å². The summed E-state index contributed by atoms with van der Waals surface area (Å²) >= 11 is 6.42. The summed E-state index contributed by atoms with van der Waals surface area (Å²) in [5.41, 5.74) is -1.81. The van der Waals surface area contributed by atoms with E-state index in [1.165, 1.54) is 5.56 Å². The normalized spacial score (nSPS) is 23.8. The topological polar surface area (TPSA) is 0 Å². The summed E-state index contributed by atoms with van der Waals surface area (Å²) in [7, 11) is 0. The van der Waals surface area contributed by atoms with Crippen molar-refractivity contribution in [1.82, 2.24) is 0 Å². The number of halogens is 4. The molecule has 2 rings (SSSR count). The number of thioether (sulfide) groups is 1. The molecule has 0 radical (unpaired) electrons. The second kappa shape index (κ2) is 5.74. The van der Waals surface area contributed by atoms with Crippen molar-refractivity contribution < 1.29 is 13.2 Å². The van der Waals surface area contributed by atoms with Crippen LogP contribution < -0.4 is 0 Å². The number of benzene rings is 1. The zero-order chi connectivity index (χ0) is 13.2. The smallest absolute Gasteiger partial charge is 0.160 e. The fraction of sp³-hybridized carbons (Fsp3) is 0.538. The van der Waals surface area contributed by atoms with Gasteiger partial charge >= 0.3 is 5.51 Å². The highest BCUT2D eigenvalue weighted by atomic mass is 35.5. The third-order valence-electron chi connectivity index (χ3n) is 3.30. The van der Waals surface area contributed by atoms with Gasteiger partial charge in [0.2, 0.25) is 0 Å². The van der Waals surface area contributed by atoms with Gasteiger partial charge in [0.05, 0.1) is 5.38 Å². The molecule has 100 valence electrons. The third kappa shape index (κ3) is 3.58. The number of aryl methyl sites for hydroxylation is 1. The molecule has 0 fully saturated rings. The third-order valence-corrected chi connectivity index (χ3v) is 4.66. The molecule has 1 aliphatic carbocycles. The second-order valence-electron chi connectivity index (χ2n) is 4.48. The molecule has 0 nitrogen and oxygen atoms in total. The molecule has 5 heteroatoms. The van der Waals surface area contributed by atoms with E-state index in [0.717, 1.165) is 18.4 Å². The van der Waals surface area contributed by atoms with Gasteiger partial charge in [-0.25, -0.2) is 0 Å². The lowest BCUT2D eigenvalue weighted by molar-refractivity contribution is -0.0328. The van der Waals surface area contributed by atoms with Gasteiger partial charge in [0.25, 0.3) is 0 Å². The van der Waals surface area contributed by atoms with Gasteiger partial charge in [0, 0.05) is 5.75 Å². The van der Waals surface area contributed by atoms with Gasteiger partial charge in [-0.2, -0.15) is 13.2 Å². The number of hydrogen-bond acceptors (Lipinski definition) is 1. The summed E-state index contributed by atoms with van der Waals surface area (Å²) in [6.45, 7) is 0. The molecule has 1 aliphatic rings. The van der Waals surface area contributed by atoms with E-state index in [1.54, 1.807) is 0 Å². The zero-order valence-corrected chi connectivity index (χ0v) is 11.3. The molecule has 0 bridgehead atoms. The molecule has 0 aromatic heterocycles. The van der Waals surface area contributed by atoms with Crippen LogP contribution in [0.2, 0.25) is 0 Å². The van der Waals surface area contributed by atoms with Gasteiger partial charge in [-0.15, -0.1) is 11.6 Å². The standard InChI is InChI=1S/C13H14ClF3S/c14-12-10(7-8-18-13(15,16)17)6-5-9-3-1-2-4-11(9)12/h1-4,10,12H,5-8H2. The van der Waals surface area contributed by atoms with Crippen LogP contribution >= 0.6 is 23.4 Å². The average molecular weight is 295 g/mol. The van der Waals surface area contributed by atoms with Crippen LogP contribution in [-0.2, 0) is 6.42 Å². The van der Waals surface area contributed by atoms with Crippen LogP contribution in [-0.4, -0.2) is 11.3 Å². The first-order valence-corrected chi connectivity index (χ1v) is 7.32. The molecule has 1 aromatic rings. The largest absolute Gasteiger partial charge is 0.441 e. The number of alkyl halides is 4. The van der Waals surface area contributed by atoms with Crippen LogP contribution in [0.15, 0.2) is 24.3 Å². The molecule has 0 amide bonds. The van der Waals surface area contributed by atoms with E-state index in [1.807, 2.05) is 24.3 Å². The highest BCUT2D eigenvalue weighted by Crippen LogP contribution is 2.42. The lowest BCUT2D eigenvalue weighted by Crippen LogP contribution is -2.18. The van der Waals surface area contributed by atoms with Crippen molar-refractivity contribution in [3.63, 3.8) is 0 Å². The van der Waals surface area contributed by atoms with E-state index in [4.69, 9.17) is 11.6 Å². The maximum absolute atomic E-state index is 12.1. The van der Waals surface area contributed by atoms with Gasteiger partial charge in [0.15, 0.2) is 0 Å². The summed E-state index contributed by atoms with van der Waals surface area (Å²) in [4.78, 5) is 0. The Morgan fingerprint density at radius 1 is 1.28 bits per heavy atom. The predicted molar refractivity (Wildman–Crippen MR) is 70.0 cm³/mol. The molecular formula is C13H14ClF3S. The Bertz CT molecular complexity index is 405. The summed E-state index contributed by atoms with van der Waals surface area (Å²) in [5.74, 6) is 0.246. The van der Waals surface area contributed by atoms with Gasteiger partial charge in [-0.1, -0.05) is 36.0 Å². The van der Waals surface area contributed by atoms with E-state index in [9.17, 15) is 13.2 Å². The Kier molecular flexibility index (Phi) is 4.49. The molecule has 0 spiro atoms. The minimum absolute atomic E-state index is 0.0519. The maximum atomic E-state index is 12.1. The minimum Gasteiger partial charge on any atom is -0.160 e. The van der Waals surface area contributed by atoms with E-state index < -0.39 is 5.51 Å². The molecule has 1 aromatic carbocycles. The molecule has 2 atom stereocenters. The van der Waals surface area contributed by atoms with E-state index in [2.05, 4.69) is 0 Å². The van der Waals surface area contributed by atoms with E-state index in [-0.39, 0.29) is 28.8 Å². The molecule has 0 N–H and O–H groups in total. The van der Waals surface area contributed by atoms with Crippen LogP contribution in [0, 0.1) is 5.92 Å². The highest BCUT2D eigenvalue weighted by Gasteiger charge is 2.31. The lowest BCUT2D eigenvalue weighted by Gasteiger charge is -2.29. The van der Waals surface area contributed by atoms with Crippen LogP contribution in [0.3, 0.4) is 0 Å². The Labute approximate surface area is 114 Å². The van der Waals surface area contributed by atoms with E-state index >= 15 is 0 Å². The first-order chi connectivity index (χ1) is 8.47. The maximum Gasteiger partial charge on any atom is 0.441 e. The second-order valence-corrected chi connectivity index (χ2v) is 6.11. The number of fused-ring (bicyclic) bond motifs is 1. The predicted octanol–water partition coefficient (Wildman–Crippen LogP) is 5.17. The average Bonchev–Trinajstić information content (AvgIpc) is 2.31. The van der Waals surface area contributed by atoms with Crippen molar-refractivity contribution in [1.29, 1.82) is 0 Å². The molecule has 0 saturated carbocycles. The van der Waals surface area contributed by atoms with Crippen LogP contribution in [0.5, 0.6) is 0 Å². The minimum atomic E-state index is -4.13. The van der Waals surface area contributed by atoms with Gasteiger partial charge < -0.3 is 0 Å². The fourth-order valence-corrected chi connectivity index (χ4v) is 3.51. The Hall–Kier alpha value is -0.350. The molecule has 2 unspecified atom stereocenters. The van der Waals surface area contributed by atoms with Gasteiger partial charge in [-0.05, 0) is 36.3 Å². The molecule has 0 aliphatic heterocycles. The highest BCUT2D eigenvalue weighted by molar-refractivity contribution is 8.00. The van der Waals surface area contributed by atoms with Crippen molar-refractivity contribution in [2.75, 3.05) is 5.75 Å². The summed E-state index contributed by atoms with van der Waals surface area (Å²) < 4.78 is 36.2. The fourth-order valence-electron chi connectivity index (χ4n) is 2.39. The van der Waals surface area contributed by atoms with Crippen molar-refractivity contribution in [2.45, 2.75) is 30.1 Å². The van der Waals surface area contributed by atoms with Crippen molar-refractivity contribution in [3.8, 4) is 0 Å². The first-order valence-electron chi connectivity index (χ1n) is 5.90. The summed E-state index contributed by atoms with van der Waals surface area (Å²) in [5, 5.41) is -0.149. The Morgan fingerprint density at radius 3 is 2.72 bits per heavy atom. The number of hydrogen-bond donors (Lipinski definition) is 0. The monoisotopic (exact) mass is 294 g/mol. The summed E-state index contributed by atoms with van der Waals surface area (Å²) in [6.07, 6.45) is 2.32. The Balaban J connectivity index is 1.93. The first kappa shape index (κ1) is 14.1. The van der Waals surface area contributed by atoms with Crippen LogP contribution in [0.4, 0.5) is 13.2 Å².